The number of nitrogens with zero attached hydrogens (tertiary/aromatic N) is 1. The van der Waals surface area contributed by atoms with Crippen LogP contribution < -0.4 is 5.32 Å². The van der Waals surface area contributed by atoms with Crippen molar-refractivity contribution < 1.29 is 9.53 Å². The van der Waals surface area contributed by atoms with Crippen molar-refractivity contribution in [3.8, 4) is 0 Å². The fourth-order valence-corrected chi connectivity index (χ4v) is 3.06. The van der Waals surface area contributed by atoms with Gasteiger partial charge in [-0.1, -0.05) is 23.8 Å². The molecule has 1 aromatic rings. The first-order chi connectivity index (χ1) is 10.1. The van der Waals surface area contributed by atoms with Crippen molar-refractivity contribution in [2.45, 2.75) is 32.9 Å². The summed E-state index contributed by atoms with van der Waals surface area (Å²) in [4.78, 5) is 14.6. The monoisotopic (exact) mass is 288 g/mol. The van der Waals surface area contributed by atoms with E-state index in [1.165, 1.54) is 16.7 Å². The number of aryl methyl sites for hydroxylation is 2. The fraction of sp³-hybridized carbons (Fsp3) is 0.588. The van der Waals surface area contributed by atoms with Gasteiger partial charge in [0.25, 0.3) is 0 Å². The Kier molecular flexibility index (Phi) is 4.00. The van der Waals surface area contributed by atoms with Crippen LogP contribution in [0.4, 0.5) is 0 Å². The van der Waals surface area contributed by atoms with E-state index in [-0.39, 0.29) is 24.0 Å². The second kappa shape index (κ2) is 5.78. The molecule has 2 fully saturated rings. The zero-order valence-corrected chi connectivity index (χ0v) is 13.1. The van der Waals surface area contributed by atoms with E-state index in [0.29, 0.717) is 13.2 Å². The summed E-state index contributed by atoms with van der Waals surface area (Å²) in [6.07, 6.45) is -0.00177. The van der Waals surface area contributed by atoms with Crippen LogP contribution in [-0.4, -0.2) is 43.1 Å². The molecule has 1 N–H and O–H groups in total. The number of amides is 1. The number of nitrogens with one attached hydrogen (secondary N) is 1. The second-order valence-electron chi connectivity index (χ2n) is 6.38. The molecular formula is C17H24N2O2. The van der Waals surface area contributed by atoms with Crippen LogP contribution >= 0.6 is 0 Å². The summed E-state index contributed by atoms with van der Waals surface area (Å²) in [6.45, 7) is 9.19. The first kappa shape index (κ1) is 14.5. The Bertz CT molecular complexity index is 540. The van der Waals surface area contributed by atoms with Crippen LogP contribution in [0, 0.1) is 19.8 Å². The lowest BCUT2D eigenvalue weighted by Crippen LogP contribution is -2.57. The second-order valence-corrected chi connectivity index (χ2v) is 6.38. The molecule has 0 radical (unpaired) electrons. The maximum absolute atomic E-state index is 12.5. The highest BCUT2D eigenvalue weighted by molar-refractivity contribution is 5.80. The molecular weight excluding hydrogens is 264 g/mol. The van der Waals surface area contributed by atoms with Crippen LogP contribution in [0.1, 0.15) is 29.7 Å². The van der Waals surface area contributed by atoms with Gasteiger partial charge >= 0.3 is 0 Å². The number of hydrogen-bond donors (Lipinski definition) is 1. The highest BCUT2D eigenvalue weighted by Crippen LogP contribution is 2.29. The molecule has 2 aliphatic heterocycles. The van der Waals surface area contributed by atoms with Gasteiger partial charge in [0.2, 0.25) is 5.91 Å². The van der Waals surface area contributed by atoms with Crippen LogP contribution in [0.3, 0.4) is 0 Å². The lowest BCUT2D eigenvalue weighted by atomic mass is 9.96. The molecule has 1 aromatic carbocycles. The van der Waals surface area contributed by atoms with Gasteiger partial charge in [-0.3, -0.25) is 4.79 Å². The third-order valence-electron chi connectivity index (χ3n) is 4.63. The maximum Gasteiger partial charge on any atom is 0.228 e. The molecule has 3 rings (SSSR count). The number of carbonyl (C=O) groups is 1. The van der Waals surface area contributed by atoms with Crippen molar-refractivity contribution >= 4 is 5.91 Å². The molecule has 0 spiro atoms. The third-order valence-corrected chi connectivity index (χ3v) is 4.63. The molecule has 4 heteroatoms. The van der Waals surface area contributed by atoms with E-state index in [1.807, 2.05) is 4.90 Å². The van der Waals surface area contributed by atoms with Gasteiger partial charge in [-0.2, -0.15) is 0 Å². The third kappa shape index (κ3) is 2.83. The Morgan fingerprint density at radius 3 is 2.76 bits per heavy atom. The summed E-state index contributed by atoms with van der Waals surface area (Å²) >= 11 is 0. The summed E-state index contributed by atoms with van der Waals surface area (Å²) < 4.78 is 6.01. The Morgan fingerprint density at radius 2 is 2.10 bits per heavy atom. The first-order valence-corrected chi connectivity index (χ1v) is 7.76. The van der Waals surface area contributed by atoms with Gasteiger partial charge in [0.05, 0.1) is 25.1 Å². The highest BCUT2D eigenvalue weighted by Gasteiger charge is 2.36. The minimum atomic E-state index is -0.00177. The van der Waals surface area contributed by atoms with E-state index in [9.17, 15) is 4.79 Å². The van der Waals surface area contributed by atoms with Crippen molar-refractivity contribution in [2.24, 2.45) is 5.92 Å². The number of carbonyl (C=O) groups excluding carboxylic acids is 1. The molecule has 0 aromatic heterocycles. The topological polar surface area (TPSA) is 41.6 Å². The van der Waals surface area contributed by atoms with E-state index in [4.69, 9.17) is 4.74 Å². The number of rotatable bonds is 2. The molecule has 2 saturated heterocycles. The summed E-state index contributed by atoms with van der Waals surface area (Å²) in [5.74, 6) is 0.435. The van der Waals surface area contributed by atoms with Crippen LogP contribution in [0.25, 0.3) is 0 Å². The average Bonchev–Trinajstić information content (AvgIpc) is 2.40. The van der Waals surface area contributed by atoms with Gasteiger partial charge in [-0.15, -0.1) is 0 Å². The van der Waals surface area contributed by atoms with Gasteiger partial charge in [0, 0.05) is 13.1 Å². The Labute approximate surface area is 126 Å². The van der Waals surface area contributed by atoms with Crippen LogP contribution in [-0.2, 0) is 9.53 Å². The van der Waals surface area contributed by atoms with Gasteiger partial charge in [-0.25, -0.2) is 0 Å². The number of ether oxygens (including phenoxy) is 1. The first-order valence-electron chi connectivity index (χ1n) is 7.76. The van der Waals surface area contributed by atoms with E-state index in [0.717, 1.165) is 13.1 Å². The van der Waals surface area contributed by atoms with Crippen LogP contribution in [0.5, 0.6) is 0 Å². The Hall–Kier alpha value is -1.39. The van der Waals surface area contributed by atoms with Gasteiger partial charge in [0.1, 0.15) is 6.10 Å². The molecule has 2 heterocycles. The normalized spacial score (nSPS) is 26.5. The minimum absolute atomic E-state index is 0.00177. The standard InChI is InChI=1S/C17H24N2O2/c1-11-4-5-12(2)15(6-11)16-9-19(13(3)10-21-16)17(20)14-7-18-8-14/h4-6,13-14,16,18H,7-10H2,1-3H3. The minimum Gasteiger partial charge on any atom is -0.370 e. The van der Waals surface area contributed by atoms with E-state index >= 15 is 0 Å². The number of hydrogen-bond acceptors (Lipinski definition) is 3. The zero-order valence-electron chi connectivity index (χ0n) is 13.1. The molecule has 2 unspecified atom stereocenters. The molecule has 2 aliphatic rings. The predicted molar refractivity (Wildman–Crippen MR) is 82.1 cm³/mol. The van der Waals surface area contributed by atoms with Crippen molar-refractivity contribution in [2.75, 3.05) is 26.2 Å². The summed E-state index contributed by atoms with van der Waals surface area (Å²) in [5, 5.41) is 3.18. The largest absolute Gasteiger partial charge is 0.370 e. The molecule has 21 heavy (non-hydrogen) atoms. The molecule has 2 atom stereocenters. The quantitative estimate of drug-likeness (QED) is 0.902. The van der Waals surface area contributed by atoms with Gasteiger partial charge < -0.3 is 15.0 Å². The lowest BCUT2D eigenvalue weighted by Gasteiger charge is -2.42. The van der Waals surface area contributed by atoms with E-state index in [2.05, 4.69) is 44.3 Å². The molecule has 0 aliphatic carbocycles. The van der Waals surface area contributed by atoms with Crippen molar-refractivity contribution in [3.05, 3.63) is 34.9 Å². The lowest BCUT2D eigenvalue weighted by molar-refractivity contribution is -0.150. The molecule has 0 saturated carbocycles. The van der Waals surface area contributed by atoms with Crippen LogP contribution in [0.15, 0.2) is 18.2 Å². The molecule has 1 amide bonds. The molecule has 0 bridgehead atoms. The van der Waals surface area contributed by atoms with Gasteiger partial charge in [-0.05, 0) is 31.9 Å². The van der Waals surface area contributed by atoms with Crippen molar-refractivity contribution in [1.29, 1.82) is 0 Å². The summed E-state index contributed by atoms with van der Waals surface area (Å²) in [5.41, 5.74) is 3.68. The zero-order chi connectivity index (χ0) is 15.0. The highest BCUT2D eigenvalue weighted by atomic mass is 16.5. The van der Waals surface area contributed by atoms with Crippen molar-refractivity contribution in [1.82, 2.24) is 10.2 Å². The predicted octanol–water partition coefficient (Wildman–Crippen LogP) is 1.81. The van der Waals surface area contributed by atoms with Crippen molar-refractivity contribution in [3.63, 3.8) is 0 Å². The van der Waals surface area contributed by atoms with Gasteiger partial charge in [0.15, 0.2) is 0 Å². The summed E-state index contributed by atoms with van der Waals surface area (Å²) in [6, 6.07) is 6.60. The fourth-order valence-electron chi connectivity index (χ4n) is 3.06. The Morgan fingerprint density at radius 1 is 1.33 bits per heavy atom. The molecule has 4 nitrogen and oxygen atoms in total. The smallest absolute Gasteiger partial charge is 0.228 e. The summed E-state index contributed by atoms with van der Waals surface area (Å²) in [7, 11) is 0. The molecule has 114 valence electrons. The van der Waals surface area contributed by atoms with E-state index < -0.39 is 0 Å². The average molecular weight is 288 g/mol. The number of morpholine rings is 1. The van der Waals surface area contributed by atoms with E-state index in [1.54, 1.807) is 0 Å². The Balaban J connectivity index is 1.78. The van der Waals surface area contributed by atoms with Crippen LogP contribution in [0.2, 0.25) is 0 Å². The maximum atomic E-state index is 12.5. The SMILES string of the molecule is Cc1ccc(C)c(C2CN(C(=O)C3CNC3)C(C)CO2)c1. The number of benzene rings is 1.